The van der Waals surface area contributed by atoms with Crippen molar-refractivity contribution in [3.8, 4) is 0 Å². The van der Waals surface area contributed by atoms with Crippen molar-refractivity contribution in [3.05, 3.63) is 12.2 Å². The molecule has 0 amide bonds. The SMILES string of the molecule is CC(C)n1ncnc1CNCC(Cl)C1CC1. The van der Waals surface area contributed by atoms with Crippen molar-refractivity contribution in [3.63, 3.8) is 0 Å². The average Bonchev–Trinajstić information content (AvgIpc) is 2.98. The number of hydrogen-bond acceptors (Lipinski definition) is 3. The van der Waals surface area contributed by atoms with Gasteiger partial charge in [-0.3, -0.25) is 0 Å². The summed E-state index contributed by atoms with van der Waals surface area (Å²) in [5.41, 5.74) is 0. The first-order chi connectivity index (χ1) is 7.68. The highest BCUT2D eigenvalue weighted by atomic mass is 35.5. The van der Waals surface area contributed by atoms with E-state index >= 15 is 0 Å². The zero-order valence-corrected chi connectivity index (χ0v) is 10.6. The van der Waals surface area contributed by atoms with Crippen LogP contribution in [0, 0.1) is 5.92 Å². The van der Waals surface area contributed by atoms with Gasteiger partial charge in [0.2, 0.25) is 0 Å². The van der Waals surface area contributed by atoms with E-state index in [1.54, 1.807) is 6.33 Å². The molecule has 1 aliphatic rings. The molecule has 1 atom stereocenters. The molecule has 1 heterocycles. The molecule has 0 spiro atoms. The molecule has 1 aromatic rings. The van der Waals surface area contributed by atoms with Gasteiger partial charge in [-0.25, -0.2) is 9.67 Å². The number of nitrogens with one attached hydrogen (secondary N) is 1. The third-order valence-corrected chi connectivity index (χ3v) is 3.40. The number of hydrogen-bond donors (Lipinski definition) is 1. The fourth-order valence-corrected chi connectivity index (χ4v) is 2.14. The van der Waals surface area contributed by atoms with Gasteiger partial charge in [0.15, 0.2) is 0 Å². The van der Waals surface area contributed by atoms with Gasteiger partial charge in [-0.05, 0) is 32.6 Å². The van der Waals surface area contributed by atoms with Crippen molar-refractivity contribution >= 4 is 11.6 Å². The Balaban J connectivity index is 1.77. The molecule has 1 N–H and O–H groups in total. The molecule has 0 saturated heterocycles. The van der Waals surface area contributed by atoms with E-state index in [2.05, 4.69) is 29.2 Å². The molecule has 16 heavy (non-hydrogen) atoms. The average molecular weight is 243 g/mol. The minimum absolute atomic E-state index is 0.274. The quantitative estimate of drug-likeness (QED) is 0.776. The molecule has 0 aliphatic heterocycles. The van der Waals surface area contributed by atoms with Crippen LogP contribution in [0.25, 0.3) is 0 Å². The molecule has 1 saturated carbocycles. The van der Waals surface area contributed by atoms with Crippen molar-refractivity contribution in [2.45, 2.75) is 44.7 Å². The maximum atomic E-state index is 6.22. The van der Waals surface area contributed by atoms with Gasteiger partial charge in [0, 0.05) is 18.0 Å². The molecular weight excluding hydrogens is 224 g/mol. The molecule has 4 nitrogen and oxygen atoms in total. The third kappa shape index (κ3) is 2.95. The zero-order chi connectivity index (χ0) is 11.5. The summed E-state index contributed by atoms with van der Waals surface area (Å²) in [5, 5.41) is 7.82. The molecule has 5 heteroatoms. The van der Waals surface area contributed by atoms with Crippen molar-refractivity contribution in [2.24, 2.45) is 5.92 Å². The summed E-state index contributed by atoms with van der Waals surface area (Å²) in [4.78, 5) is 4.24. The van der Waals surface area contributed by atoms with E-state index in [0.29, 0.717) is 6.04 Å². The van der Waals surface area contributed by atoms with Gasteiger partial charge in [-0.1, -0.05) is 0 Å². The van der Waals surface area contributed by atoms with Crippen LogP contribution < -0.4 is 5.32 Å². The van der Waals surface area contributed by atoms with Crippen LogP contribution in [0.3, 0.4) is 0 Å². The van der Waals surface area contributed by atoms with E-state index < -0.39 is 0 Å². The maximum absolute atomic E-state index is 6.22. The van der Waals surface area contributed by atoms with Crippen LogP contribution in [-0.2, 0) is 6.54 Å². The lowest BCUT2D eigenvalue weighted by molar-refractivity contribution is 0.487. The largest absolute Gasteiger partial charge is 0.308 e. The molecule has 1 unspecified atom stereocenters. The molecular formula is C11H19ClN4. The van der Waals surface area contributed by atoms with Gasteiger partial charge in [-0.15, -0.1) is 11.6 Å². The predicted octanol–water partition coefficient (Wildman–Crippen LogP) is 1.97. The standard InChI is InChI=1S/C11H19ClN4/c1-8(2)16-11(14-7-15-16)6-13-5-10(12)9-3-4-9/h7-10,13H,3-6H2,1-2H3. The summed E-state index contributed by atoms with van der Waals surface area (Å²) in [6.07, 6.45) is 4.19. The van der Waals surface area contributed by atoms with E-state index in [1.807, 2.05) is 4.68 Å². The summed E-state index contributed by atoms with van der Waals surface area (Å²) in [6.45, 7) is 5.81. The van der Waals surface area contributed by atoms with E-state index in [9.17, 15) is 0 Å². The van der Waals surface area contributed by atoms with Crippen molar-refractivity contribution < 1.29 is 0 Å². The van der Waals surface area contributed by atoms with Crippen LogP contribution in [0.5, 0.6) is 0 Å². The van der Waals surface area contributed by atoms with Gasteiger partial charge in [-0.2, -0.15) is 5.10 Å². The highest BCUT2D eigenvalue weighted by molar-refractivity contribution is 6.21. The minimum Gasteiger partial charge on any atom is -0.308 e. The maximum Gasteiger partial charge on any atom is 0.141 e. The first-order valence-electron chi connectivity index (χ1n) is 5.91. The molecule has 1 fully saturated rings. The zero-order valence-electron chi connectivity index (χ0n) is 9.86. The first kappa shape index (κ1) is 11.9. The highest BCUT2D eigenvalue weighted by Gasteiger charge is 2.29. The lowest BCUT2D eigenvalue weighted by Gasteiger charge is -2.12. The summed E-state index contributed by atoms with van der Waals surface area (Å²) in [6, 6.07) is 0.356. The second kappa shape index (κ2) is 5.15. The number of aromatic nitrogens is 3. The Labute approximate surface area is 101 Å². The van der Waals surface area contributed by atoms with E-state index in [4.69, 9.17) is 11.6 Å². The second-order valence-corrected chi connectivity index (χ2v) is 5.26. The molecule has 1 aliphatic carbocycles. The summed E-state index contributed by atoms with van der Waals surface area (Å²) in [7, 11) is 0. The second-order valence-electron chi connectivity index (χ2n) is 4.70. The molecule has 2 rings (SSSR count). The monoisotopic (exact) mass is 242 g/mol. The van der Waals surface area contributed by atoms with Crippen LogP contribution in [0.15, 0.2) is 6.33 Å². The normalized spacial score (nSPS) is 18.0. The van der Waals surface area contributed by atoms with Crippen LogP contribution in [0.2, 0.25) is 0 Å². The fraction of sp³-hybridized carbons (Fsp3) is 0.818. The van der Waals surface area contributed by atoms with Crippen molar-refractivity contribution in [2.75, 3.05) is 6.54 Å². The van der Waals surface area contributed by atoms with E-state index in [-0.39, 0.29) is 5.38 Å². The Morgan fingerprint density at radius 1 is 1.56 bits per heavy atom. The van der Waals surface area contributed by atoms with Gasteiger partial charge in [0.05, 0.1) is 6.54 Å². The van der Waals surface area contributed by atoms with E-state index in [0.717, 1.165) is 24.8 Å². The van der Waals surface area contributed by atoms with Crippen LogP contribution in [0.4, 0.5) is 0 Å². The molecule has 0 radical (unpaired) electrons. The number of rotatable bonds is 6. The smallest absolute Gasteiger partial charge is 0.141 e. The highest BCUT2D eigenvalue weighted by Crippen LogP contribution is 2.35. The number of alkyl halides is 1. The summed E-state index contributed by atoms with van der Waals surface area (Å²) < 4.78 is 1.94. The van der Waals surface area contributed by atoms with Crippen LogP contribution >= 0.6 is 11.6 Å². The molecule has 90 valence electrons. The Bertz CT molecular complexity index is 332. The minimum atomic E-state index is 0.274. The van der Waals surface area contributed by atoms with Crippen molar-refractivity contribution in [1.82, 2.24) is 20.1 Å². The number of halogens is 1. The lowest BCUT2D eigenvalue weighted by Crippen LogP contribution is -2.26. The number of nitrogens with zero attached hydrogens (tertiary/aromatic N) is 3. The first-order valence-corrected chi connectivity index (χ1v) is 6.35. The Hall–Kier alpha value is -0.610. The van der Waals surface area contributed by atoms with E-state index in [1.165, 1.54) is 12.8 Å². The van der Waals surface area contributed by atoms with Gasteiger partial charge < -0.3 is 5.32 Å². The topological polar surface area (TPSA) is 42.7 Å². The molecule has 0 bridgehead atoms. The fourth-order valence-electron chi connectivity index (χ4n) is 1.78. The van der Waals surface area contributed by atoms with Gasteiger partial charge in [0.1, 0.15) is 12.2 Å². The molecule has 1 aromatic heterocycles. The Kier molecular flexibility index (Phi) is 3.82. The van der Waals surface area contributed by atoms with Crippen LogP contribution in [0.1, 0.15) is 38.6 Å². The predicted molar refractivity (Wildman–Crippen MR) is 64.5 cm³/mol. The third-order valence-electron chi connectivity index (χ3n) is 2.89. The van der Waals surface area contributed by atoms with Crippen LogP contribution in [-0.4, -0.2) is 26.7 Å². The summed E-state index contributed by atoms with van der Waals surface area (Å²) >= 11 is 6.22. The summed E-state index contributed by atoms with van der Waals surface area (Å²) in [5.74, 6) is 1.71. The van der Waals surface area contributed by atoms with Crippen molar-refractivity contribution in [1.29, 1.82) is 0 Å². The Morgan fingerprint density at radius 2 is 2.31 bits per heavy atom. The van der Waals surface area contributed by atoms with Gasteiger partial charge in [0.25, 0.3) is 0 Å². The Morgan fingerprint density at radius 3 is 2.94 bits per heavy atom. The molecule has 0 aromatic carbocycles. The van der Waals surface area contributed by atoms with Gasteiger partial charge >= 0.3 is 0 Å². The lowest BCUT2D eigenvalue weighted by atomic mass is 10.3.